The predicted octanol–water partition coefficient (Wildman–Crippen LogP) is 3.30. The number of hydrogen-bond donors (Lipinski definition) is 1. The molecule has 0 heterocycles. The van der Waals surface area contributed by atoms with E-state index in [1.165, 1.54) is 0 Å². The van der Waals surface area contributed by atoms with Crippen molar-refractivity contribution in [2.75, 3.05) is 13.2 Å². The van der Waals surface area contributed by atoms with Gasteiger partial charge in [0, 0.05) is 6.54 Å². The first-order valence-electron chi connectivity index (χ1n) is 8.31. The molecule has 0 saturated heterocycles. The normalized spacial score (nSPS) is 11.2. The second kappa shape index (κ2) is 9.99. The SMILES string of the molecule is CC(Oc1ccc(C#N)cc1)C(=O)NCCCCOc1ccccc1. The zero-order valence-corrected chi connectivity index (χ0v) is 14.3. The van der Waals surface area contributed by atoms with E-state index in [1.54, 1.807) is 31.2 Å². The highest BCUT2D eigenvalue weighted by atomic mass is 16.5. The van der Waals surface area contributed by atoms with E-state index >= 15 is 0 Å². The van der Waals surface area contributed by atoms with E-state index in [2.05, 4.69) is 5.32 Å². The summed E-state index contributed by atoms with van der Waals surface area (Å²) in [6, 6.07) is 18.4. The van der Waals surface area contributed by atoms with Gasteiger partial charge in [0.1, 0.15) is 11.5 Å². The number of carbonyl (C=O) groups excluding carboxylic acids is 1. The van der Waals surface area contributed by atoms with Gasteiger partial charge in [-0.2, -0.15) is 5.26 Å². The molecular formula is C20H22N2O3. The highest BCUT2D eigenvalue weighted by Crippen LogP contribution is 2.13. The molecule has 130 valence electrons. The molecule has 0 spiro atoms. The summed E-state index contributed by atoms with van der Waals surface area (Å²) in [7, 11) is 0. The van der Waals surface area contributed by atoms with Gasteiger partial charge in [0.25, 0.3) is 5.91 Å². The smallest absolute Gasteiger partial charge is 0.260 e. The monoisotopic (exact) mass is 338 g/mol. The molecule has 2 rings (SSSR count). The summed E-state index contributed by atoms with van der Waals surface area (Å²) in [4.78, 5) is 12.0. The minimum atomic E-state index is -0.589. The molecule has 5 nitrogen and oxygen atoms in total. The number of ether oxygens (including phenoxy) is 2. The number of nitriles is 1. The summed E-state index contributed by atoms with van der Waals surface area (Å²) < 4.78 is 11.2. The standard InChI is InChI=1S/C20H22N2O3/c1-16(25-19-11-9-17(15-21)10-12-19)20(23)22-13-5-6-14-24-18-7-3-2-4-8-18/h2-4,7-12,16H,5-6,13-14H2,1H3,(H,22,23). The van der Waals surface area contributed by atoms with Gasteiger partial charge >= 0.3 is 0 Å². The molecule has 1 N–H and O–H groups in total. The lowest BCUT2D eigenvalue weighted by molar-refractivity contribution is -0.127. The van der Waals surface area contributed by atoms with E-state index in [1.807, 2.05) is 36.4 Å². The van der Waals surface area contributed by atoms with Crippen molar-refractivity contribution in [2.24, 2.45) is 0 Å². The highest BCUT2D eigenvalue weighted by molar-refractivity contribution is 5.80. The number of rotatable bonds is 9. The van der Waals surface area contributed by atoms with Crippen LogP contribution in [-0.2, 0) is 4.79 Å². The van der Waals surface area contributed by atoms with Gasteiger partial charge in [0.05, 0.1) is 18.2 Å². The summed E-state index contributed by atoms with van der Waals surface area (Å²) in [5.74, 6) is 1.27. The largest absolute Gasteiger partial charge is 0.494 e. The molecule has 1 atom stereocenters. The van der Waals surface area contributed by atoms with Crippen LogP contribution in [0.2, 0.25) is 0 Å². The maximum Gasteiger partial charge on any atom is 0.260 e. The topological polar surface area (TPSA) is 71.3 Å². The van der Waals surface area contributed by atoms with E-state index in [9.17, 15) is 4.79 Å². The van der Waals surface area contributed by atoms with E-state index in [4.69, 9.17) is 14.7 Å². The van der Waals surface area contributed by atoms with Crippen LogP contribution in [0.25, 0.3) is 0 Å². The molecule has 2 aromatic carbocycles. The van der Waals surface area contributed by atoms with Crippen LogP contribution in [0.15, 0.2) is 54.6 Å². The molecule has 0 radical (unpaired) electrons. The number of carbonyl (C=O) groups is 1. The summed E-state index contributed by atoms with van der Waals surface area (Å²) >= 11 is 0. The third-order valence-electron chi connectivity index (χ3n) is 3.55. The minimum absolute atomic E-state index is 0.159. The van der Waals surface area contributed by atoms with Crippen LogP contribution in [0, 0.1) is 11.3 Å². The van der Waals surface area contributed by atoms with Crippen molar-refractivity contribution in [3.8, 4) is 17.6 Å². The first-order chi connectivity index (χ1) is 12.2. The molecule has 25 heavy (non-hydrogen) atoms. The number of amides is 1. The Morgan fingerprint density at radius 1 is 1.08 bits per heavy atom. The Bertz CT molecular complexity index is 693. The van der Waals surface area contributed by atoms with Gasteiger partial charge in [0.15, 0.2) is 6.10 Å². The molecule has 1 unspecified atom stereocenters. The van der Waals surface area contributed by atoms with Gasteiger partial charge in [-0.15, -0.1) is 0 Å². The fraction of sp³-hybridized carbons (Fsp3) is 0.300. The van der Waals surface area contributed by atoms with Gasteiger partial charge < -0.3 is 14.8 Å². The maximum atomic E-state index is 12.0. The molecule has 0 aromatic heterocycles. The van der Waals surface area contributed by atoms with E-state index < -0.39 is 6.10 Å². The van der Waals surface area contributed by atoms with Crippen LogP contribution >= 0.6 is 0 Å². The Hall–Kier alpha value is -3.00. The van der Waals surface area contributed by atoms with Crippen molar-refractivity contribution in [2.45, 2.75) is 25.9 Å². The number of hydrogen-bond acceptors (Lipinski definition) is 4. The van der Waals surface area contributed by atoms with Crippen LogP contribution in [0.1, 0.15) is 25.3 Å². The Kier molecular flexibility index (Phi) is 7.33. The first-order valence-corrected chi connectivity index (χ1v) is 8.31. The van der Waals surface area contributed by atoms with Crippen molar-refractivity contribution in [1.82, 2.24) is 5.32 Å². The van der Waals surface area contributed by atoms with Crippen LogP contribution < -0.4 is 14.8 Å². The van der Waals surface area contributed by atoms with Crippen molar-refractivity contribution in [1.29, 1.82) is 5.26 Å². The van der Waals surface area contributed by atoms with Crippen LogP contribution in [0.4, 0.5) is 0 Å². The van der Waals surface area contributed by atoms with Gasteiger partial charge in [0.2, 0.25) is 0 Å². The summed E-state index contributed by atoms with van der Waals surface area (Å²) in [6.07, 6.45) is 1.11. The highest BCUT2D eigenvalue weighted by Gasteiger charge is 2.13. The minimum Gasteiger partial charge on any atom is -0.494 e. The molecule has 0 saturated carbocycles. The van der Waals surface area contributed by atoms with Gasteiger partial charge in [-0.25, -0.2) is 0 Å². The number of para-hydroxylation sites is 1. The van der Waals surface area contributed by atoms with Crippen molar-refractivity contribution >= 4 is 5.91 Å². The average molecular weight is 338 g/mol. The summed E-state index contributed by atoms with van der Waals surface area (Å²) in [5, 5.41) is 11.6. The molecule has 0 aliphatic rings. The quantitative estimate of drug-likeness (QED) is 0.712. The van der Waals surface area contributed by atoms with Gasteiger partial charge in [-0.05, 0) is 56.2 Å². The van der Waals surface area contributed by atoms with Gasteiger partial charge in [-0.3, -0.25) is 4.79 Å². The van der Waals surface area contributed by atoms with E-state index in [0.717, 1.165) is 18.6 Å². The fourth-order valence-electron chi connectivity index (χ4n) is 2.15. The average Bonchev–Trinajstić information content (AvgIpc) is 2.65. The van der Waals surface area contributed by atoms with Gasteiger partial charge in [-0.1, -0.05) is 18.2 Å². The predicted molar refractivity (Wildman–Crippen MR) is 95.4 cm³/mol. The molecule has 5 heteroatoms. The van der Waals surface area contributed by atoms with Crippen LogP contribution in [-0.4, -0.2) is 25.2 Å². The Labute approximate surface area is 148 Å². The Morgan fingerprint density at radius 2 is 1.80 bits per heavy atom. The van der Waals surface area contributed by atoms with Crippen molar-refractivity contribution in [3.63, 3.8) is 0 Å². The number of benzene rings is 2. The zero-order valence-electron chi connectivity index (χ0n) is 14.3. The molecule has 0 aliphatic carbocycles. The molecule has 1 amide bonds. The third-order valence-corrected chi connectivity index (χ3v) is 3.55. The Balaban J connectivity index is 1.60. The molecule has 2 aromatic rings. The summed E-state index contributed by atoms with van der Waals surface area (Å²) in [6.45, 7) is 2.90. The third kappa shape index (κ3) is 6.56. The lowest BCUT2D eigenvalue weighted by atomic mass is 10.2. The van der Waals surface area contributed by atoms with Crippen LogP contribution in [0.5, 0.6) is 11.5 Å². The number of unbranched alkanes of at least 4 members (excludes halogenated alkanes) is 1. The molecular weight excluding hydrogens is 316 g/mol. The van der Waals surface area contributed by atoms with Crippen LogP contribution in [0.3, 0.4) is 0 Å². The number of nitrogens with zero attached hydrogens (tertiary/aromatic N) is 1. The number of nitrogens with one attached hydrogen (secondary N) is 1. The van der Waals surface area contributed by atoms with Crippen molar-refractivity contribution < 1.29 is 14.3 Å². The molecule has 0 bridgehead atoms. The zero-order chi connectivity index (χ0) is 17.9. The lowest BCUT2D eigenvalue weighted by Crippen LogP contribution is -2.36. The second-order valence-corrected chi connectivity index (χ2v) is 5.56. The Morgan fingerprint density at radius 3 is 2.48 bits per heavy atom. The van der Waals surface area contributed by atoms with Crippen molar-refractivity contribution in [3.05, 3.63) is 60.2 Å². The first kappa shape index (κ1) is 18.3. The lowest BCUT2D eigenvalue weighted by Gasteiger charge is -2.14. The fourth-order valence-corrected chi connectivity index (χ4v) is 2.15. The second-order valence-electron chi connectivity index (χ2n) is 5.56. The maximum absolute atomic E-state index is 12.0. The van der Waals surface area contributed by atoms with E-state index in [0.29, 0.717) is 24.5 Å². The molecule has 0 fully saturated rings. The summed E-state index contributed by atoms with van der Waals surface area (Å²) in [5.41, 5.74) is 0.558. The molecule has 0 aliphatic heterocycles. The van der Waals surface area contributed by atoms with E-state index in [-0.39, 0.29) is 5.91 Å².